The van der Waals surface area contributed by atoms with Crippen LogP contribution in [0.25, 0.3) is 22.0 Å². The highest BCUT2D eigenvalue weighted by molar-refractivity contribution is 6.08. The lowest BCUT2D eigenvalue weighted by molar-refractivity contribution is -0.114. The average Bonchev–Trinajstić information content (AvgIpc) is 3.59. The van der Waals surface area contributed by atoms with Crippen molar-refractivity contribution in [1.82, 2.24) is 4.57 Å². The monoisotopic (exact) mass is 460 g/mol. The summed E-state index contributed by atoms with van der Waals surface area (Å²) < 4.78 is 8.19. The Balaban J connectivity index is 1.50. The summed E-state index contributed by atoms with van der Waals surface area (Å²) in [5.74, 6) is 0.0379. The molecule has 2 aliphatic rings. The SMILES string of the molecule is CC(=O)Nc1cccc(-c2c(C(=O)O)n(C[C@@H]3CCCC(OCC4CC4)C3)c3ccccc23)c1. The number of hydrogen-bond donors (Lipinski definition) is 2. The molecule has 178 valence electrons. The van der Waals surface area contributed by atoms with Crippen molar-refractivity contribution in [2.45, 2.75) is 58.1 Å². The normalized spacial score (nSPS) is 20.4. The van der Waals surface area contributed by atoms with Crippen LogP contribution < -0.4 is 5.32 Å². The van der Waals surface area contributed by atoms with Gasteiger partial charge < -0.3 is 19.7 Å². The number of rotatable bonds is 8. The Morgan fingerprint density at radius 3 is 2.65 bits per heavy atom. The molecule has 0 radical (unpaired) electrons. The second-order valence-corrected chi connectivity index (χ2v) is 9.85. The van der Waals surface area contributed by atoms with Crippen LogP contribution in [0.15, 0.2) is 48.5 Å². The van der Waals surface area contributed by atoms with Gasteiger partial charge in [0.05, 0.1) is 6.10 Å². The van der Waals surface area contributed by atoms with E-state index in [9.17, 15) is 14.7 Å². The predicted molar refractivity (Wildman–Crippen MR) is 133 cm³/mol. The number of benzene rings is 2. The maximum Gasteiger partial charge on any atom is 0.353 e. The predicted octanol–water partition coefficient (Wildman–Crippen LogP) is 5.95. The van der Waals surface area contributed by atoms with Gasteiger partial charge in [0.15, 0.2) is 0 Å². The van der Waals surface area contributed by atoms with Gasteiger partial charge in [-0.2, -0.15) is 0 Å². The Labute approximate surface area is 199 Å². The zero-order valence-electron chi connectivity index (χ0n) is 19.6. The first-order chi connectivity index (χ1) is 16.5. The van der Waals surface area contributed by atoms with E-state index in [1.807, 2.05) is 53.1 Å². The average molecular weight is 461 g/mol. The van der Waals surface area contributed by atoms with Crippen LogP contribution in [-0.2, 0) is 16.1 Å². The molecule has 2 saturated carbocycles. The molecule has 34 heavy (non-hydrogen) atoms. The molecule has 0 saturated heterocycles. The van der Waals surface area contributed by atoms with Crippen molar-refractivity contribution in [2.24, 2.45) is 11.8 Å². The van der Waals surface area contributed by atoms with E-state index in [1.54, 1.807) is 0 Å². The van der Waals surface area contributed by atoms with Crippen LogP contribution in [0.1, 0.15) is 55.9 Å². The molecule has 0 spiro atoms. The number of aromatic nitrogens is 1. The molecule has 5 rings (SSSR count). The fourth-order valence-electron chi connectivity index (χ4n) is 5.34. The van der Waals surface area contributed by atoms with Gasteiger partial charge in [-0.3, -0.25) is 4.79 Å². The molecule has 1 amide bonds. The van der Waals surface area contributed by atoms with E-state index in [0.29, 0.717) is 29.4 Å². The summed E-state index contributed by atoms with van der Waals surface area (Å²) in [7, 11) is 0. The van der Waals surface area contributed by atoms with Crippen LogP contribution in [0.2, 0.25) is 0 Å². The number of carbonyl (C=O) groups is 2. The molecule has 1 aromatic heterocycles. The molecule has 1 unspecified atom stereocenters. The number of anilines is 1. The molecule has 0 aliphatic heterocycles. The summed E-state index contributed by atoms with van der Waals surface area (Å²) in [5, 5.41) is 14.1. The van der Waals surface area contributed by atoms with Crippen molar-refractivity contribution in [2.75, 3.05) is 11.9 Å². The maximum absolute atomic E-state index is 12.6. The van der Waals surface area contributed by atoms with E-state index in [-0.39, 0.29) is 12.0 Å². The minimum atomic E-state index is -0.937. The number of fused-ring (bicyclic) bond motifs is 1. The number of para-hydroxylation sites is 1. The van der Waals surface area contributed by atoms with Crippen LogP contribution in [0.4, 0.5) is 5.69 Å². The first kappa shape index (κ1) is 22.7. The summed E-state index contributed by atoms with van der Waals surface area (Å²) in [6.07, 6.45) is 7.14. The summed E-state index contributed by atoms with van der Waals surface area (Å²) in [6, 6.07) is 15.3. The van der Waals surface area contributed by atoms with Gasteiger partial charge in [0.2, 0.25) is 5.91 Å². The minimum Gasteiger partial charge on any atom is -0.477 e. The molecule has 0 bridgehead atoms. The minimum absolute atomic E-state index is 0.159. The lowest BCUT2D eigenvalue weighted by Crippen LogP contribution is -2.27. The van der Waals surface area contributed by atoms with E-state index < -0.39 is 5.97 Å². The van der Waals surface area contributed by atoms with Gasteiger partial charge in [0.1, 0.15) is 5.69 Å². The number of carbonyl (C=O) groups excluding carboxylic acids is 1. The molecule has 2 aliphatic carbocycles. The molecule has 2 atom stereocenters. The van der Waals surface area contributed by atoms with Gasteiger partial charge in [-0.25, -0.2) is 4.79 Å². The highest BCUT2D eigenvalue weighted by Gasteiger charge is 2.29. The number of carboxylic acids is 1. The third-order valence-electron chi connectivity index (χ3n) is 7.09. The van der Waals surface area contributed by atoms with Crippen molar-refractivity contribution in [3.8, 4) is 11.1 Å². The quantitative estimate of drug-likeness (QED) is 0.435. The molecule has 6 nitrogen and oxygen atoms in total. The number of carboxylic acid groups (broad SMARTS) is 1. The van der Waals surface area contributed by atoms with Crippen molar-refractivity contribution in [1.29, 1.82) is 0 Å². The van der Waals surface area contributed by atoms with Crippen LogP contribution >= 0.6 is 0 Å². The third-order valence-corrected chi connectivity index (χ3v) is 7.09. The zero-order valence-corrected chi connectivity index (χ0v) is 19.6. The highest BCUT2D eigenvalue weighted by Crippen LogP contribution is 2.38. The third kappa shape index (κ3) is 4.87. The van der Waals surface area contributed by atoms with Gasteiger partial charge in [-0.1, -0.05) is 36.8 Å². The summed E-state index contributed by atoms with van der Waals surface area (Å²) in [5.41, 5.74) is 3.38. The second kappa shape index (κ2) is 9.63. The summed E-state index contributed by atoms with van der Waals surface area (Å²) in [4.78, 5) is 24.2. The van der Waals surface area contributed by atoms with Gasteiger partial charge in [-0.15, -0.1) is 0 Å². The van der Waals surface area contributed by atoms with E-state index >= 15 is 0 Å². The fraction of sp³-hybridized carbons (Fsp3) is 0.429. The Morgan fingerprint density at radius 2 is 1.88 bits per heavy atom. The fourth-order valence-corrected chi connectivity index (χ4v) is 5.34. The molecule has 6 heteroatoms. The Morgan fingerprint density at radius 1 is 1.06 bits per heavy atom. The lowest BCUT2D eigenvalue weighted by atomic mass is 9.87. The first-order valence-corrected chi connectivity index (χ1v) is 12.3. The summed E-state index contributed by atoms with van der Waals surface area (Å²) in [6.45, 7) is 3.00. The number of nitrogens with zero attached hydrogens (tertiary/aromatic N) is 1. The van der Waals surface area contributed by atoms with Gasteiger partial charge in [0.25, 0.3) is 0 Å². The first-order valence-electron chi connectivity index (χ1n) is 12.3. The van der Waals surface area contributed by atoms with Crippen LogP contribution in [0.3, 0.4) is 0 Å². The number of ether oxygens (including phenoxy) is 1. The van der Waals surface area contributed by atoms with Crippen LogP contribution in [0.5, 0.6) is 0 Å². The van der Waals surface area contributed by atoms with Crippen molar-refractivity contribution in [3.63, 3.8) is 0 Å². The van der Waals surface area contributed by atoms with Crippen molar-refractivity contribution in [3.05, 3.63) is 54.2 Å². The Kier molecular flexibility index (Phi) is 6.42. The Bertz CT molecular complexity index is 1210. The Hall–Kier alpha value is -3.12. The van der Waals surface area contributed by atoms with Crippen molar-refractivity contribution >= 4 is 28.5 Å². The molecule has 3 aromatic rings. The van der Waals surface area contributed by atoms with E-state index in [0.717, 1.165) is 54.7 Å². The molecule has 2 N–H and O–H groups in total. The number of amides is 1. The van der Waals surface area contributed by atoms with Gasteiger partial charge >= 0.3 is 5.97 Å². The van der Waals surface area contributed by atoms with E-state index in [4.69, 9.17) is 4.74 Å². The number of nitrogens with one attached hydrogen (secondary N) is 1. The zero-order chi connectivity index (χ0) is 23.7. The summed E-state index contributed by atoms with van der Waals surface area (Å²) >= 11 is 0. The van der Waals surface area contributed by atoms with E-state index in [1.165, 1.54) is 19.8 Å². The van der Waals surface area contributed by atoms with Crippen LogP contribution in [0, 0.1) is 11.8 Å². The molecule has 2 fully saturated rings. The number of hydrogen-bond acceptors (Lipinski definition) is 3. The molecular weight excluding hydrogens is 428 g/mol. The standard InChI is InChI=1S/C28H32N2O4/c1-18(31)29-22-8-5-7-21(15-22)26-24-10-2-3-11-25(24)30(27(26)28(32)33)16-20-6-4-9-23(14-20)34-17-19-12-13-19/h2-3,5,7-8,10-11,15,19-20,23H,4,6,9,12-14,16-17H2,1H3,(H,29,31)(H,32,33)/t20-,23?/m1/s1. The smallest absolute Gasteiger partial charge is 0.353 e. The second-order valence-electron chi connectivity index (χ2n) is 9.85. The van der Waals surface area contributed by atoms with Gasteiger partial charge in [0, 0.05) is 42.2 Å². The largest absolute Gasteiger partial charge is 0.477 e. The van der Waals surface area contributed by atoms with E-state index in [2.05, 4.69) is 5.32 Å². The van der Waals surface area contributed by atoms with Gasteiger partial charge in [-0.05, 0) is 67.7 Å². The molecule has 1 heterocycles. The number of aromatic carboxylic acids is 1. The van der Waals surface area contributed by atoms with Crippen LogP contribution in [-0.4, -0.2) is 34.3 Å². The topological polar surface area (TPSA) is 80.6 Å². The maximum atomic E-state index is 12.6. The lowest BCUT2D eigenvalue weighted by Gasteiger charge is -2.30. The molecule has 2 aromatic carbocycles. The highest BCUT2D eigenvalue weighted by atomic mass is 16.5. The molecular formula is C28H32N2O4. The van der Waals surface area contributed by atoms with Crippen molar-refractivity contribution < 1.29 is 19.4 Å².